The van der Waals surface area contributed by atoms with E-state index in [9.17, 15) is 27.7 Å². The van der Waals surface area contributed by atoms with Crippen LogP contribution in [0.4, 0.5) is 23.2 Å². The number of rotatable bonds is 2. The van der Waals surface area contributed by atoms with E-state index in [1.807, 2.05) is 0 Å². The summed E-state index contributed by atoms with van der Waals surface area (Å²) in [6.45, 7) is 0. The van der Waals surface area contributed by atoms with Crippen molar-refractivity contribution in [2.75, 3.05) is 11.9 Å². The van der Waals surface area contributed by atoms with Gasteiger partial charge in [-0.2, -0.15) is 13.2 Å². The van der Waals surface area contributed by atoms with Crippen molar-refractivity contribution in [2.24, 2.45) is 0 Å². The number of guanidine groups is 1. The van der Waals surface area contributed by atoms with E-state index in [1.165, 1.54) is 5.43 Å². The summed E-state index contributed by atoms with van der Waals surface area (Å²) in [6.07, 6.45) is -4.89. The summed E-state index contributed by atoms with van der Waals surface area (Å²) in [5.41, 5.74) is -0.253. The zero-order valence-corrected chi connectivity index (χ0v) is 9.45. The highest BCUT2D eigenvalue weighted by Gasteiger charge is 2.34. The van der Waals surface area contributed by atoms with Crippen molar-refractivity contribution in [1.29, 1.82) is 5.41 Å². The standard InChI is InChI=1S/C9H8F4N4O2/c1-16(8(14)15-17(18)19)5-2-3-7(10)6(4-5)9(11,12)13/h2-4H,1H3,(H2,14,15). The Morgan fingerprint density at radius 2 is 2.05 bits per heavy atom. The fourth-order valence-electron chi connectivity index (χ4n) is 1.23. The smallest absolute Gasteiger partial charge is 0.311 e. The van der Waals surface area contributed by atoms with Gasteiger partial charge < -0.3 is 4.90 Å². The molecule has 0 heterocycles. The minimum atomic E-state index is -4.89. The Kier molecular flexibility index (Phi) is 3.92. The molecule has 0 amide bonds. The summed E-state index contributed by atoms with van der Waals surface area (Å²) < 4.78 is 50.4. The third kappa shape index (κ3) is 3.53. The predicted molar refractivity (Wildman–Crippen MR) is 57.7 cm³/mol. The van der Waals surface area contributed by atoms with Crippen molar-refractivity contribution in [3.63, 3.8) is 0 Å². The maximum Gasteiger partial charge on any atom is 0.419 e. The molecule has 1 rings (SSSR count). The van der Waals surface area contributed by atoms with Crippen LogP contribution in [0.3, 0.4) is 0 Å². The molecule has 1 aromatic rings. The van der Waals surface area contributed by atoms with Gasteiger partial charge in [0.1, 0.15) is 5.82 Å². The first-order valence-corrected chi connectivity index (χ1v) is 4.73. The number of anilines is 1. The Morgan fingerprint density at radius 3 is 2.53 bits per heavy atom. The number of hydrogen-bond acceptors (Lipinski definition) is 3. The van der Waals surface area contributed by atoms with E-state index in [4.69, 9.17) is 5.41 Å². The summed E-state index contributed by atoms with van der Waals surface area (Å²) in [5.74, 6) is -2.22. The fraction of sp³-hybridized carbons (Fsp3) is 0.222. The highest BCUT2D eigenvalue weighted by Crippen LogP contribution is 2.33. The lowest BCUT2D eigenvalue weighted by atomic mass is 10.1. The largest absolute Gasteiger partial charge is 0.419 e. The minimum Gasteiger partial charge on any atom is -0.311 e. The van der Waals surface area contributed by atoms with E-state index < -0.39 is 28.5 Å². The molecular formula is C9H8F4N4O2. The van der Waals surface area contributed by atoms with Crippen molar-refractivity contribution in [3.05, 3.63) is 39.7 Å². The molecule has 104 valence electrons. The summed E-state index contributed by atoms with van der Waals surface area (Å²) >= 11 is 0. The van der Waals surface area contributed by atoms with E-state index >= 15 is 0 Å². The van der Waals surface area contributed by atoms with Crippen LogP contribution in [0.2, 0.25) is 0 Å². The second kappa shape index (κ2) is 5.08. The number of benzene rings is 1. The maximum atomic E-state index is 13.0. The monoisotopic (exact) mass is 280 g/mol. The molecule has 1 aromatic carbocycles. The molecule has 0 saturated heterocycles. The van der Waals surface area contributed by atoms with E-state index in [1.54, 1.807) is 0 Å². The number of alkyl halides is 3. The van der Waals surface area contributed by atoms with Gasteiger partial charge in [-0.25, -0.2) is 14.5 Å². The Labute approximate surface area is 104 Å². The molecule has 0 bridgehead atoms. The molecule has 0 aromatic heterocycles. The Morgan fingerprint density at radius 1 is 1.47 bits per heavy atom. The fourth-order valence-corrected chi connectivity index (χ4v) is 1.23. The second-order valence-electron chi connectivity index (χ2n) is 3.44. The number of halogens is 4. The van der Waals surface area contributed by atoms with E-state index in [-0.39, 0.29) is 5.69 Å². The summed E-state index contributed by atoms with van der Waals surface area (Å²) in [7, 11) is 1.13. The van der Waals surface area contributed by atoms with Crippen molar-refractivity contribution in [1.82, 2.24) is 5.43 Å². The van der Waals surface area contributed by atoms with E-state index in [2.05, 4.69) is 0 Å². The third-order valence-corrected chi connectivity index (χ3v) is 2.18. The zero-order chi connectivity index (χ0) is 14.8. The van der Waals surface area contributed by atoms with Crippen LogP contribution in [0.25, 0.3) is 0 Å². The Balaban J connectivity index is 3.09. The number of nitrogens with one attached hydrogen (secondary N) is 2. The molecular weight excluding hydrogens is 272 g/mol. The van der Waals surface area contributed by atoms with Gasteiger partial charge in [0.2, 0.25) is 0 Å². The predicted octanol–water partition coefficient (Wildman–Crippen LogP) is 2.00. The highest BCUT2D eigenvalue weighted by molar-refractivity contribution is 5.92. The quantitative estimate of drug-likeness (QED) is 0.285. The average molecular weight is 280 g/mol. The molecule has 10 heteroatoms. The number of hydrazine groups is 1. The van der Waals surface area contributed by atoms with Crippen LogP contribution in [-0.2, 0) is 6.18 Å². The average Bonchev–Trinajstić information content (AvgIpc) is 2.26. The molecule has 0 aliphatic heterocycles. The molecule has 0 atom stereocenters. The van der Waals surface area contributed by atoms with Gasteiger partial charge in [-0.05, 0) is 18.2 Å². The lowest BCUT2D eigenvalue weighted by Crippen LogP contribution is -2.41. The van der Waals surface area contributed by atoms with Gasteiger partial charge in [-0.1, -0.05) is 5.43 Å². The Hall–Kier alpha value is -2.39. The maximum absolute atomic E-state index is 13.0. The van der Waals surface area contributed by atoms with Gasteiger partial charge in [-0.15, -0.1) is 0 Å². The lowest BCUT2D eigenvalue weighted by molar-refractivity contribution is -0.525. The van der Waals surface area contributed by atoms with Crippen molar-refractivity contribution < 1.29 is 22.6 Å². The van der Waals surface area contributed by atoms with E-state index in [0.29, 0.717) is 12.1 Å². The van der Waals surface area contributed by atoms with Gasteiger partial charge >= 0.3 is 6.18 Å². The summed E-state index contributed by atoms with van der Waals surface area (Å²) in [4.78, 5) is 10.9. The van der Waals surface area contributed by atoms with Crippen LogP contribution < -0.4 is 10.3 Å². The lowest BCUT2D eigenvalue weighted by Gasteiger charge is -2.19. The van der Waals surface area contributed by atoms with Gasteiger partial charge in [0, 0.05) is 12.7 Å². The summed E-state index contributed by atoms with van der Waals surface area (Å²) in [5, 5.41) is 16.3. The van der Waals surface area contributed by atoms with Gasteiger partial charge in [0.05, 0.1) is 5.56 Å². The molecule has 0 unspecified atom stereocenters. The Bertz CT molecular complexity index is 517. The van der Waals surface area contributed by atoms with Crippen LogP contribution >= 0.6 is 0 Å². The molecule has 19 heavy (non-hydrogen) atoms. The zero-order valence-electron chi connectivity index (χ0n) is 9.45. The third-order valence-electron chi connectivity index (χ3n) is 2.18. The first-order chi connectivity index (χ1) is 8.62. The summed E-state index contributed by atoms with van der Waals surface area (Å²) in [6, 6.07) is 2.01. The highest BCUT2D eigenvalue weighted by atomic mass is 19.4. The molecule has 0 aliphatic carbocycles. The normalized spacial score (nSPS) is 11.0. The molecule has 0 saturated carbocycles. The first-order valence-electron chi connectivity index (χ1n) is 4.73. The SMILES string of the molecule is CN(C(=N)N[N+](=O)[O-])c1ccc(F)c(C(F)(F)F)c1. The van der Waals surface area contributed by atoms with Crippen molar-refractivity contribution in [2.45, 2.75) is 6.18 Å². The van der Waals surface area contributed by atoms with Crippen LogP contribution in [-0.4, -0.2) is 18.0 Å². The first kappa shape index (κ1) is 14.7. The van der Waals surface area contributed by atoms with Crippen LogP contribution in [0.15, 0.2) is 18.2 Å². The van der Waals surface area contributed by atoms with E-state index in [0.717, 1.165) is 18.0 Å². The molecule has 0 radical (unpaired) electrons. The second-order valence-corrected chi connectivity index (χ2v) is 3.44. The number of nitrogens with zero attached hydrogens (tertiary/aromatic N) is 2. The number of hydrogen-bond donors (Lipinski definition) is 2. The molecule has 0 aliphatic rings. The van der Waals surface area contributed by atoms with Gasteiger partial charge in [0.15, 0.2) is 5.03 Å². The van der Waals surface area contributed by atoms with Crippen LogP contribution in [0, 0.1) is 21.3 Å². The van der Waals surface area contributed by atoms with Gasteiger partial charge in [0.25, 0.3) is 5.96 Å². The van der Waals surface area contributed by atoms with Crippen LogP contribution in [0.1, 0.15) is 5.56 Å². The van der Waals surface area contributed by atoms with Crippen molar-refractivity contribution >= 4 is 11.6 Å². The minimum absolute atomic E-state index is 0.215. The number of nitro groups is 1. The van der Waals surface area contributed by atoms with Crippen molar-refractivity contribution in [3.8, 4) is 0 Å². The topological polar surface area (TPSA) is 82.3 Å². The van der Waals surface area contributed by atoms with Gasteiger partial charge in [-0.3, -0.25) is 5.41 Å². The molecule has 0 fully saturated rings. The molecule has 2 N–H and O–H groups in total. The molecule has 0 spiro atoms. The van der Waals surface area contributed by atoms with Crippen LogP contribution in [0.5, 0.6) is 0 Å². The molecule has 6 nitrogen and oxygen atoms in total.